The van der Waals surface area contributed by atoms with Gasteiger partial charge >= 0.3 is 0 Å². The Labute approximate surface area is 105 Å². The van der Waals surface area contributed by atoms with Gasteiger partial charge in [-0.15, -0.1) is 0 Å². The number of benzene rings is 1. The highest BCUT2D eigenvalue weighted by Gasteiger charge is 2.19. The smallest absolute Gasteiger partial charge is 0.257 e. The highest BCUT2D eigenvalue weighted by atomic mass is 19.1. The highest BCUT2D eigenvalue weighted by Crippen LogP contribution is 2.16. The van der Waals surface area contributed by atoms with Crippen molar-refractivity contribution in [3.05, 3.63) is 34.9 Å². The molecule has 0 saturated heterocycles. The van der Waals surface area contributed by atoms with Crippen molar-refractivity contribution < 1.29 is 13.6 Å². The quantitative estimate of drug-likeness (QED) is 0.865. The Morgan fingerprint density at radius 2 is 2.00 bits per heavy atom. The van der Waals surface area contributed by atoms with E-state index in [0.29, 0.717) is 0 Å². The van der Waals surface area contributed by atoms with Gasteiger partial charge in [0.1, 0.15) is 17.2 Å². The average molecular weight is 256 g/mol. The number of aryl methyl sites for hydroxylation is 1. The summed E-state index contributed by atoms with van der Waals surface area (Å²) in [6, 6.07) is 2.13. The monoisotopic (exact) mass is 256 g/mol. The lowest BCUT2D eigenvalue weighted by Crippen LogP contribution is -2.40. The number of rotatable bonds is 4. The lowest BCUT2D eigenvalue weighted by molar-refractivity contribution is 0.0940. The van der Waals surface area contributed by atoms with E-state index >= 15 is 0 Å². The lowest BCUT2D eigenvalue weighted by Gasteiger charge is -2.16. The van der Waals surface area contributed by atoms with E-state index in [1.807, 2.05) is 13.8 Å². The fraction of sp³-hybridized carbons (Fsp3) is 0.462. The molecule has 0 aliphatic rings. The molecule has 1 unspecified atom stereocenters. The molecule has 0 aliphatic heterocycles. The standard InChI is InChI=1S/C13H18F2N2O/c1-7(2)10(16)6-17-13(18)11-9(14)5-4-8(3)12(11)15/h4-5,7,10H,6,16H2,1-3H3,(H,17,18). The minimum atomic E-state index is -0.867. The molecule has 18 heavy (non-hydrogen) atoms. The second-order valence-corrected chi connectivity index (χ2v) is 4.67. The molecule has 100 valence electrons. The van der Waals surface area contributed by atoms with Crippen molar-refractivity contribution in [2.45, 2.75) is 26.8 Å². The number of carbonyl (C=O) groups excluding carboxylic acids is 1. The van der Waals surface area contributed by atoms with Crippen molar-refractivity contribution in [2.24, 2.45) is 11.7 Å². The van der Waals surface area contributed by atoms with Crippen LogP contribution in [0.5, 0.6) is 0 Å². The first-order valence-corrected chi connectivity index (χ1v) is 5.83. The molecule has 1 atom stereocenters. The van der Waals surface area contributed by atoms with Crippen molar-refractivity contribution in [3.63, 3.8) is 0 Å². The van der Waals surface area contributed by atoms with E-state index in [9.17, 15) is 13.6 Å². The van der Waals surface area contributed by atoms with E-state index in [-0.39, 0.29) is 24.1 Å². The van der Waals surface area contributed by atoms with E-state index < -0.39 is 23.1 Å². The van der Waals surface area contributed by atoms with Crippen molar-refractivity contribution in [2.75, 3.05) is 6.54 Å². The Bertz CT molecular complexity index is 447. The van der Waals surface area contributed by atoms with Gasteiger partial charge in [0.05, 0.1) is 0 Å². The Hall–Kier alpha value is -1.49. The molecule has 1 aromatic carbocycles. The fourth-order valence-corrected chi connectivity index (χ4v) is 1.40. The SMILES string of the molecule is Cc1ccc(F)c(C(=O)NCC(N)C(C)C)c1F. The summed E-state index contributed by atoms with van der Waals surface area (Å²) in [7, 11) is 0. The van der Waals surface area contributed by atoms with Crippen LogP contribution < -0.4 is 11.1 Å². The predicted octanol–water partition coefficient (Wildman–Crippen LogP) is 1.99. The number of amides is 1. The van der Waals surface area contributed by atoms with Crippen LogP contribution in [-0.4, -0.2) is 18.5 Å². The Morgan fingerprint density at radius 1 is 1.39 bits per heavy atom. The zero-order chi connectivity index (χ0) is 13.9. The summed E-state index contributed by atoms with van der Waals surface area (Å²) in [5.41, 5.74) is 5.43. The van der Waals surface area contributed by atoms with Gasteiger partial charge in [-0.2, -0.15) is 0 Å². The minimum Gasteiger partial charge on any atom is -0.350 e. The summed E-state index contributed by atoms with van der Waals surface area (Å²) in [6.45, 7) is 5.48. The molecule has 5 heteroatoms. The van der Waals surface area contributed by atoms with E-state index in [2.05, 4.69) is 5.32 Å². The third kappa shape index (κ3) is 3.26. The average Bonchev–Trinajstić information content (AvgIpc) is 2.31. The normalized spacial score (nSPS) is 12.6. The third-order valence-corrected chi connectivity index (χ3v) is 2.87. The maximum atomic E-state index is 13.7. The lowest BCUT2D eigenvalue weighted by atomic mass is 10.1. The van der Waals surface area contributed by atoms with E-state index in [1.54, 1.807) is 0 Å². The summed E-state index contributed by atoms with van der Waals surface area (Å²) in [4.78, 5) is 11.7. The topological polar surface area (TPSA) is 55.1 Å². The maximum Gasteiger partial charge on any atom is 0.257 e. The van der Waals surface area contributed by atoms with Gasteiger partial charge in [0, 0.05) is 12.6 Å². The van der Waals surface area contributed by atoms with E-state index in [0.717, 1.165) is 6.07 Å². The van der Waals surface area contributed by atoms with Crippen molar-refractivity contribution in [3.8, 4) is 0 Å². The molecule has 0 heterocycles. The zero-order valence-electron chi connectivity index (χ0n) is 10.8. The summed E-state index contributed by atoms with van der Waals surface area (Å²) < 4.78 is 27.1. The largest absolute Gasteiger partial charge is 0.350 e. The number of carbonyl (C=O) groups is 1. The van der Waals surface area contributed by atoms with Gasteiger partial charge in [0.15, 0.2) is 0 Å². The predicted molar refractivity (Wildman–Crippen MR) is 66.2 cm³/mol. The van der Waals surface area contributed by atoms with Crippen molar-refractivity contribution >= 4 is 5.91 Å². The summed E-state index contributed by atoms with van der Waals surface area (Å²) in [5.74, 6) is -2.29. The highest BCUT2D eigenvalue weighted by molar-refractivity contribution is 5.95. The van der Waals surface area contributed by atoms with Gasteiger partial charge in [0.2, 0.25) is 0 Å². The molecule has 1 rings (SSSR count). The van der Waals surface area contributed by atoms with Gasteiger partial charge in [-0.25, -0.2) is 8.78 Å². The van der Waals surface area contributed by atoms with Crippen molar-refractivity contribution in [1.82, 2.24) is 5.32 Å². The molecule has 3 nitrogen and oxygen atoms in total. The number of hydrogen-bond acceptors (Lipinski definition) is 2. The first kappa shape index (κ1) is 14.6. The van der Waals surface area contributed by atoms with E-state index in [1.165, 1.54) is 13.0 Å². The molecule has 0 radical (unpaired) electrons. The molecule has 3 N–H and O–H groups in total. The minimum absolute atomic E-state index is 0.178. The van der Waals surface area contributed by atoms with Crippen LogP contribution in [0.25, 0.3) is 0 Å². The second kappa shape index (κ2) is 5.91. The summed E-state index contributed by atoms with van der Waals surface area (Å²) in [6.07, 6.45) is 0. The molecule has 1 amide bonds. The molecule has 0 fully saturated rings. The molecule has 0 aliphatic carbocycles. The molecular weight excluding hydrogens is 238 g/mol. The van der Waals surface area contributed by atoms with E-state index in [4.69, 9.17) is 5.73 Å². The van der Waals surface area contributed by atoms with Crippen LogP contribution in [0.4, 0.5) is 8.78 Å². The first-order chi connectivity index (χ1) is 8.34. The van der Waals surface area contributed by atoms with Crippen LogP contribution in [-0.2, 0) is 0 Å². The van der Waals surface area contributed by atoms with Crippen LogP contribution in [0.1, 0.15) is 29.8 Å². The fourth-order valence-electron chi connectivity index (χ4n) is 1.40. The molecular formula is C13H18F2N2O. The number of nitrogens with two attached hydrogens (primary N) is 1. The molecule has 0 aromatic heterocycles. The van der Waals surface area contributed by atoms with Gasteiger partial charge in [0.25, 0.3) is 5.91 Å². The zero-order valence-corrected chi connectivity index (χ0v) is 10.8. The molecule has 1 aromatic rings. The van der Waals surface area contributed by atoms with Gasteiger partial charge in [-0.1, -0.05) is 19.9 Å². The molecule has 0 bridgehead atoms. The summed E-state index contributed by atoms with van der Waals surface area (Å²) in [5, 5.41) is 2.44. The van der Waals surface area contributed by atoms with Crippen LogP contribution in [0.2, 0.25) is 0 Å². The summed E-state index contributed by atoms with van der Waals surface area (Å²) >= 11 is 0. The third-order valence-electron chi connectivity index (χ3n) is 2.87. The van der Waals surface area contributed by atoms with Crippen LogP contribution >= 0.6 is 0 Å². The Morgan fingerprint density at radius 3 is 2.56 bits per heavy atom. The van der Waals surface area contributed by atoms with Crippen LogP contribution in [0.3, 0.4) is 0 Å². The number of hydrogen-bond donors (Lipinski definition) is 2. The first-order valence-electron chi connectivity index (χ1n) is 5.83. The maximum absolute atomic E-state index is 13.7. The molecule has 0 spiro atoms. The number of nitrogens with one attached hydrogen (secondary N) is 1. The molecule has 0 saturated carbocycles. The Balaban J connectivity index is 2.82. The van der Waals surface area contributed by atoms with Crippen molar-refractivity contribution in [1.29, 1.82) is 0 Å². The Kier molecular flexibility index (Phi) is 4.78. The number of halogens is 2. The van der Waals surface area contributed by atoms with Gasteiger partial charge in [-0.05, 0) is 24.5 Å². The van der Waals surface area contributed by atoms with Crippen LogP contribution in [0.15, 0.2) is 12.1 Å². The van der Waals surface area contributed by atoms with Gasteiger partial charge in [-0.3, -0.25) is 4.79 Å². The van der Waals surface area contributed by atoms with Gasteiger partial charge < -0.3 is 11.1 Å². The second-order valence-electron chi connectivity index (χ2n) is 4.67. The van der Waals surface area contributed by atoms with Crippen LogP contribution in [0, 0.1) is 24.5 Å².